The summed E-state index contributed by atoms with van der Waals surface area (Å²) in [4.78, 5) is 0. The van der Waals surface area contributed by atoms with E-state index in [1.807, 2.05) is 6.92 Å². The average Bonchev–Trinajstić information content (AvgIpc) is 2.77. The van der Waals surface area contributed by atoms with E-state index in [-0.39, 0.29) is 11.3 Å². The average molecular weight is 238 g/mol. The van der Waals surface area contributed by atoms with Gasteiger partial charge in [0.05, 0.1) is 11.8 Å². The lowest BCUT2D eigenvalue weighted by molar-refractivity contribution is 0.428. The van der Waals surface area contributed by atoms with Crippen molar-refractivity contribution in [2.45, 2.75) is 13.5 Å². The molecule has 0 amide bonds. The molecule has 1 heterocycles. The Balaban J connectivity index is 2.38. The third kappa shape index (κ3) is 2.50. The topological polar surface area (TPSA) is 38.1 Å². The van der Waals surface area contributed by atoms with Gasteiger partial charge in [-0.3, -0.25) is 0 Å². The van der Waals surface area contributed by atoms with Crippen LogP contribution in [0.15, 0.2) is 28.9 Å². The number of nitrogens with zero attached hydrogens (tertiary/aromatic N) is 1. The molecule has 0 radical (unpaired) electrons. The molecule has 1 N–H and O–H groups in total. The number of hydrogen-bond acceptors (Lipinski definition) is 3. The van der Waals surface area contributed by atoms with Crippen molar-refractivity contribution in [3.8, 4) is 11.3 Å². The first-order chi connectivity index (χ1) is 8.22. The van der Waals surface area contributed by atoms with Gasteiger partial charge in [0.25, 0.3) is 0 Å². The van der Waals surface area contributed by atoms with Crippen molar-refractivity contribution < 1.29 is 13.3 Å². The summed E-state index contributed by atoms with van der Waals surface area (Å²) in [5.74, 6) is -0.768. The SMILES string of the molecule is CCNCc1cnoc1-c1cc(F)ccc1F. The number of rotatable bonds is 4. The summed E-state index contributed by atoms with van der Waals surface area (Å²) in [6, 6.07) is 3.24. The molecule has 2 rings (SSSR count). The van der Waals surface area contributed by atoms with E-state index in [2.05, 4.69) is 10.5 Å². The molecule has 17 heavy (non-hydrogen) atoms. The fourth-order valence-electron chi connectivity index (χ4n) is 1.54. The zero-order valence-corrected chi connectivity index (χ0v) is 9.34. The second-order valence-electron chi connectivity index (χ2n) is 3.58. The highest BCUT2D eigenvalue weighted by Gasteiger charge is 2.15. The van der Waals surface area contributed by atoms with Crippen molar-refractivity contribution in [2.75, 3.05) is 6.54 Å². The van der Waals surface area contributed by atoms with Gasteiger partial charge in [-0.2, -0.15) is 0 Å². The van der Waals surface area contributed by atoms with E-state index in [0.29, 0.717) is 12.1 Å². The van der Waals surface area contributed by atoms with E-state index in [4.69, 9.17) is 4.52 Å². The Labute approximate surface area is 97.4 Å². The summed E-state index contributed by atoms with van der Waals surface area (Å²) >= 11 is 0. The minimum atomic E-state index is -0.527. The zero-order chi connectivity index (χ0) is 12.3. The number of benzene rings is 1. The van der Waals surface area contributed by atoms with Crippen LogP contribution >= 0.6 is 0 Å². The van der Waals surface area contributed by atoms with Gasteiger partial charge in [-0.05, 0) is 24.7 Å². The van der Waals surface area contributed by atoms with E-state index >= 15 is 0 Å². The Bertz CT molecular complexity index is 511. The van der Waals surface area contributed by atoms with Crippen LogP contribution in [-0.4, -0.2) is 11.7 Å². The van der Waals surface area contributed by atoms with Crippen LogP contribution in [0.2, 0.25) is 0 Å². The monoisotopic (exact) mass is 238 g/mol. The number of aromatic nitrogens is 1. The second-order valence-corrected chi connectivity index (χ2v) is 3.58. The lowest BCUT2D eigenvalue weighted by Crippen LogP contribution is -2.11. The predicted octanol–water partition coefficient (Wildman–Crippen LogP) is 2.73. The lowest BCUT2D eigenvalue weighted by Gasteiger charge is -2.03. The molecule has 5 heteroatoms. The van der Waals surface area contributed by atoms with Gasteiger partial charge in [-0.15, -0.1) is 0 Å². The first kappa shape index (κ1) is 11.7. The Kier molecular flexibility index (Phi) is 3.49. The summed E-state index contributed by atoms with van der Waals surface area (Å²) in [6.45, 7) is 3.23. The third-order valence-electron chi connectivity index (χ3n) is 2.38. The lowest BCUT2D eigenvalue weighted by atomic mass is 10.1. The van der Waals surface area contributed by atoms with Crippen LogP contribution in [0.25, 0.3) is 11.3 Å². The standard InChI is InChI=1S/C12H12F2N2O/c1-2-15-6-8-7-16-17-12(8)10-5-9(13)3-4-11(10)14/h3-5,7,15H,2,6H2,1H3. The Morgan fingerprint density at radius 1 is 1.35 bits per heavy atom. The molecule has 0 spiro atoms. The molecule has 2 aromatic rings. The van der Waals surface area contributed by atoms with Crippen LogP contribution in [-0.2, 0) is 6.54 Å². The molecule has 1 aromatic carbocycles. The molecule has 0 fully saturated rings. The molecule has 0 saturated heterocycles. The minimum Gasteiger partial charge on any atom is -0.356 e. The van der Waals surface area contributed by atoms with Gasteiger partial charge in [0.2, 0.25) is 0 Å². The number of halogens is 2. The van der Waals surface area contributed by atoms with Gasteiger partial charge in [0.1, 0.15) is 11.6 Å². The summed E-state index contributed by atoms with van der Waals surface area (Å²) in [5.41, 5.74) is 0.798. The minimum absolute atomic E-state index is 0.0930. The van der Waals surface area contributed by atoms with Crippen molar-refractivity contribution in [3.05, 3.63) is 41.6 Å². The van der Waals surface area contributed by atoms with Crippen molar-refractivity contribution in [3.63, 3.8) is 0 Å². The summed E-state index contributed by atoms with van der Waals surface area (Å²) in [7, 11) is 0. The van der Waals surface area contributed by atoms with Gasteiger partial charge in [0, 0.05) is 12.1 Å². The molecule has 0 saturated carbocycles. The van der Waals surface area contributed by atoms with Crippen LogP contribution in [0.1, 0.15) is 12.5 Å². The highest BCUT2D eigenvalue weighted by atomic mass is 19.1. The fourth-order valence-corrected chi connectivity index (χ4v) is 1.54. The van der Waals surface area contributed by atoms with E-state index in [0.717, 1.165) is 24.7 Å². The highest BCUT2D eigenvalue weighted by molar-refractivity contribution is 5.61. The molecule has 1 aromatic heterocycles. The predicted molar refractivity (Wildman–Crippen MR) is 59.2 cm³/mol. The summed E-state index contributed by atoms with van der Waals surface area (Å²) in [6.07, 6.45) is 1.50. The van der Waals surface area contributed by atoms with Crippen molar-refractivity contribution in [1.82, 2.24) is 10.5 Å². The quantitative estimate of drug-likeness (QED) is 0.890. The molecular weight excluding hydrogens is 226 g/mol. The Morgan fingerprint density at radius 2 is 2.18 bits per heavy atom. The molecule has 0 atom stereocenters. The van der Waals surface area contributed by atoms with Gasteiger partial charge >= 0.3 is 0 Å². The third-order valence-corrected chi connectivity index (χ3v) is 2.38. The molecule has 0 aliphatic carbocycles. The van der Waals surface area contributed by atoms with Crippen molar-refractivity contribution in [2.24, 2.45) is 0 Å². The summed E-state index contributed by atoms with van der Waals surface area (Å²) < 4.78 is 31.6. The first-order valence-electron chi connectivity index (χ1n) is 5.32. The maximum absolute atomic E-state index is 13.6. The largest absolute Gasteiger partial charge is 0.356 e. The summed E-state index contributed by atoms with van der Waals surface area (Å²) in [5, 5.41) is 6.70. The van der Waals surface area contributed by atoms with E-state index in [1.165, 1.54) is 6.20 Å². The molecule has 0 aliphatic heterocycles. The smallest absolute Gasteiger partial charge is 0.174 e. The maximum Gasteiger partial charge on any atom is 0.174 e. The van der Waals surface area contributed by atoms with Gasteiger partial charge < -0.3 is 9.84 Å². The number of hydrogen-bond donors (Lipinski definition) is 1. The van der Waals surface area contributed by atoms with Crippen LogP contribution in [0.3, 0.4) is 0 Å². The van der Waals surface area contributed by atoms with Crippen molar-refractivity contribution in [1.29, 1.82) is 0 Å². The van der Waals surface area contributed by atoms with E-state index in [1.54, 1.807) is 0 Å². The van der Waals surface area contributed by atoms with E-state index in [9.17, 15) is 8.78 Å². The molecule has 0 bridgehead atoms. The van der Waals surface area contributed by atoms with Crippen molar-refractivity contribution >= 4 is 0 Å². The zero-order valence-electron chi connectivity index (χ0n) is 9.34. The Morgan fingerprint density at radius 3 is 2.94 bits per heavy atom. The fraction of sp³-hybridized carbons (Fsp3) is 0.250. The van der Waals surface area contributed by atoms with Gasteiger partial charge in [-0.1, -0.05) is 12.1 Å². The molecule has 0 aliphatic rings. The van der Waals surface area contributed by atoms with Gasteiger partial charge in [0.15, 0.2) is 5.76 Å². The molecule has 90 valence electrons. The maximum atomic E-state index is 13.6. The van der Waals surface area contributed by atoms with E-state index < -0.39 is 11.6 Å². The second kappa shape index (κ2) is 5.05. The normalized spacial score (nSPS) is 10.8. The van der Waals surface area contributed by atoms with Crippen LogP contribution in [0.5, 0.6) is 0 Å². The highest BCUT2D eigenvalue weighted by Crippen LogP contribution is 2.26. The van der Waals surface area contributed by atoms with Crippen LogP contribution < -0.4 is 5.32 Å². The Hall–Kier alpha value is -1.75. The molecule has 3 nitrogen and oxygen atoms in total. The molecule has 0 unspecified atom stereocenters. The van der Waals surface area contributed by atoms with Crippen LogP contribution in [0, 0.1) is 11.6 Å². The number of nitrogens with one attached hydrogen (secondary N) is 1. The van der Waals surface area contributed by atoms with Crippen LogP contribution in [0.4, 0.5) is 8.78 Å². The van der Waals surface area contributed by atoms with Gasteiger partial charge in [-0.25, -0.2) is 8.78 Å². The molecular formula is C12H12F2N2O. The first-order valence-corrected chi connectivity index (χ1v) is 5.32.